The molecule has 2 saturated heterocycles. The van der Waals surface area contributed by atoms with Crippen molar-refractivity contribution in [2.24, 2.45) is 0 Å². The minimum Gasteiger partial charge on any atom is -0.314 e. The van der Waals surface area contributed by atoms with Crippen LogP contribution < -0.4 is 10.6 Å². The second-order valence-electron chi connectivity index (χ2n) is 5.74. The first kappa shape index (κ1) is 13.3. The summed E-state index contributed by atoms with van der Waals surface area (Å²) < 4.78 is 26.5. The third-order valence-electron chi connectivity index (χ3n) is 4.24. The number of nitrogens with one attached hydrogen (secondary N) is 2. The number of hydrogen-bond donors (Lipinski definition) is 2. The van der Waals surface area contributed by atoms with E-state index in [0.717, 1.165) is 38.1 Å². The Kier molecular flexibility index (Phi) is 3.12. The van der Waals surface area contributed by atoms with E-state index in [-0.39, 0.29) is 23.3 Å². The Morgan fingerprint density at radius 3 is 3.00 bits per heavy atom. The predicted octanol–water partition coefficient (Wildman–Crippen LogP) is 2.32. The zero-order chi connectivity index (χ0) is 14.3. The first-order valence-corrected chi connectivity index (χ1v) is 6.76. The molecule has 0 radical (unpaired) electrons. The van der Waals surface area contributed by atoms with Gasteiger partial charge in [-0.25, -0.2) is 13.6 Å². The van der Waals surface area contributed by atoms with E-state index in [0.29, 0.717) is 0 Å². The van der Waals surface area contributed by atoms with Crippen molar-refractivity contribution in [3.63, 3.8) is 0 Å². The van der Waals surface area contributed by atoms with Crippen LogP contribution in [0, 0.1) is 11.6 Å². The Labute approximate surface area is 116 Å². The summed E-state index contributed by atoms with van der Waals surface area (Å²) in [5.41, 5.74) is -0.221. The fourth-order valence-electron chi connectivity index (χ4n) is 3.22. The molecule has 1 aromatic carbocycles. The maximum Gasteiger partial charge on any atom is 0.322 e. The number of hydrogen-bond acceptors (Lipinski definition) is 2. The Hall–Kier alpha value is -1.69. The minimum absolute atomic E-state index is 0.0120. The number of fused-ring (bicyclic) bond motifs is 2. The number of halogens is 2. The molecule has 0 saturated carbocycles. The summed E-state index contributed by atoms with van der Waals surface area (Å²) in [5, 5.41) is 5.86. The van der Waals surface area contributed by atoms with Crippen molar-refractivity contribution in [1.29, 1.82) is 0 Å². The topological polar surface area (TPSA) is 44.4 Å². The van der Waals surface area contributed by atoms with E-state index in [1.54, 1.807) is 4.90 Å². The highest BCUT2D eigenvalue weighted by Crippen LogP contribution is 2.36. The third-order valence-corrected chi connectivity index (χ3v) is 4.24. The highest BCUT2D eigenvalue weighted by molar-refractivity contribution is 5.90. The van der Waals surface area contributed by atoms with Crippen LogP contribution in [0.3, 0.4) is 0 Å². The standard InChI is InChI=1S/C14H17F2N3O/c1-14-5-4-10(7-17-8-14)19(14)13(20)18-12-3-2-9(15)6-11(12)16/h2-3,6,10,17H,4-5,7-8H2,1H3,(H,18,20). The summed E-state index contributed by atoms with van der Waals surface area (Å²) in [6.45, 7) is 3.53. The molecule has 2 N–H and O–H groups in total. The van der Waals surface area contributed by atoms with Gasteiger partial charge in [0.15, 0.2) is 0 Å². The van der Waals surface area contributed by atoms with Gasteiger partial charge < -0.3 is 15.5 Å². The molecule has 2 unspecified atom stereocenters. The molecular formula is C14H17F2N3O. The molecule has 0 spiro atoms. The summed E-state index contributed by atoms with van der Waals surface area (Å²) >= 11 is 0. The average molecular weight is 281 g/mol. The number of carbonyl (C=O) groups is 1. The molecule has 2 fully saturated rings. The van der Waals surface area contributed by atoms with E-state index in [9.17, 15) is 13.6 Å². The van der Waals surface area contributed by atoms with Crippen LogP contribution in [0.15, 0.2) is 18.2 Å². The summed E-state index contributed by atoms with van der Waals surface area (Å²) in [5.74, 6) is -1.42. The van der Waals surface area contributed by atoms with Gasteiger partial charge in [0.2, 0.25) is 0 Å². The minimum atomic E-state index is -0.758. The van der Waals surface area contributed by atoms with Crippen LogP contribution in [-0.4, -0.2) is 35.6 Å². The lowest BCUT2D eigenvalue weighted by Gasteiger charge is -2.42. The molecule has 2 amide bonds. The molecule has 2 heterocycles. The molecule has 3 rings (SSSR count). The summed E-state index contributed by atoms with van der Waals surface area (Å²) in [6.07, 6.45) is 1.88. The van der Waals surface area contributed by atoms with Crippen molar-refractivity contribution in [2.45, 2.75) is 31.3 Å². The highest BCUT2D eigenvalue weighted by atomic mass is 19.1. The fraction of sp³-hybridized carbons (Fsp3) is 0.500. The SMILES string of the molecule is CC12CCC(CNC1)N2C(=O)Nc1ccc(F)cc1F. The summed E-state index contributed by atoms with van der Waals surface area (Å²) in [4.78, 5) is 14.2. The molecule has 4 nitrogen and oxygen atoms in total. The van der Waals surface area contributed by atoms with Crippen LogP contribution in [0.2, 0.25) is 0 Å². The van der Waals surface area contributed by atoms with Crippen LogP contribution in [-0.2, 0) is 0 Å². The number of piperazine rings is 1. The fourth-order valence-corrected chi connectivity index (χ4v) is 3.22. The molecule has 0 aliphatic carbocycles. The molecule has 1 aromatic rings. The summed E-state index contributed by atoms with van der Waals surface area (Å²) in [6, 6.07) is 2.96. The van der Waals surface area contributed by atoms with Gasteiger partial charge in [-0.3, -0.25) is 0 Å². The van der Waals surface area contributed by atoms with Gasteiger partial charge in [-0.1, -0.05) is 0 Å². The van der Waals surface area contributed by atoms with Crippen molar-refractivity contribution in [1.82, 2.24) is 10.2 Å². The first-order chi connectivity index (χ1) is 9.49. The monoisotopic (exact) mass is 281 g/mol. The number of rotatable bonds is 1. The largest absolute Gasteiger partial charge is 0.322 e. The van der Waals surface area contributed by atoms with Crippen LogP contribution in [0.4, 0.5) is 19.3 Å². The number of amides is 2. The van der Waals surface area contributed by atoms with E-state index < -0.39 is 11.6 Å². The van der Waals surface area contributed by atoms with Gasteiger partial charge in [0, 0.05) is 25.2 Å². The number of anilines is 1. The lowest BCUT2D eigenvalue weighted by molar-refractivity contribution is 0.116. The Morgan fingerprint density at radius 1 is 1.50 bits per heavy atom. The van der Waals surface area contributed by atoms with E-state index in [2.05, 4.69) is 10.6 Å². The molecule has 6 heteroatoms. The van der Waals surface area contributed by atoms with Crippen molar-refractivity contribution >= 4 is 11.7 Å². The Morgan fingerprint density at radius 2 is 2.30 bits per heavy atom. The van der Waals surface area contributed by atoms with Gasteiger partial charge in [0.1, 0.15) is 11.6 Å². The van der Waals surface area contributed by atoms with Gasteiger partial charge in [0.05, 0.1) is 11.2 Å². The van der Waals surface area contributed by atoms with Gasteiger partial charge in [-0.15, -0.1) is 0 Å². The molecule has 2 atom stereocenters. The first-order valence-electron chi connectivity index (χ1n) is 6.76. The van der Waals surface area contributed by atoms with Gasteiger partial charge in [-0.05, 0) is 31.9 Å². The molecule has 20 heavy (non-hydrogen) atoms. The number of carbonyl (C=O) groups excluding carboxylic acids is 1. The average Bonchev–Trinajstić information content (AvgIpc) is 2.58. The van der Waals surface area contributed by atoms with Gasteiger partial charge in [-0.2, -0.15) is 0 Å². The van der Waals surface area contributed by atoms with Crippen LogP contribution in [0.25, 0.3) is 0 Å². The van der Waals surface area contributed by atoms with E-state index >= 15 is 0 Å². The molecular weight excluding hydrogens is 264 g/mol. The number of urea groups is 1. The Balaban J connectivity index is 1.79. The zero-order valence-electron chi connectivity index (χ0n) is 11.2. The normalized spacial score (nSPS) is 28.6. The molecule has 0 aromatic heterocycles. The molecule has 2 aliphatic heterocycles. The smallest absolute Gasteiger partial charge is 0.314 e. The molecule has 2 bridgehead atoms. The lowest BCUT2D eigenvalue weighted by atomic mass is 9.99. The second-order valence-corrected chi connectivity index (χ2v) is 5.74. The predicted molar refractivity (Wildman–Crippen MR) is 71.5 cm³/mol. The lowest BCUT2D eigenvalue weighted by Crippen LogP contribution is -2.61. The highest BCUT2D eigenvalue weighted by Gasteiger charge is 2.48. The van der Waals surface area contributed by atoms with Crippen LogP contribution in [0.5, 0.6) is 0 Å². The van der Waals surface area contributed by atoms with Gasteiger partial charge in [0.25, 0.3) is 0 Å². The number of benzene rings is 1. The van der Waals surface area contributed by atoms with Crippen LogP contribution in [0.1, 0.15) is 19.8 Å². The van der Waals surface area contributed by atoms with E-state index in [1.165, 1.54) is 6.07 Å². The summed E-state index contributed by atoms with van der Waals surface area (Å²) in [7, 11) is 0. The van der Waals surface area contributed by atoms with E-state index in [4.69, 9.17) is 0 Å². The van der Waals surface area contributed by atoms with Crippen molar-refractivity contribution in [3.8, 4) is 0 Å². The van der Waals surface area contributed by atoms with Crippen molar-refractivity contribution in [3.05, 3.63) is 29.8 Å². The maximum atomic E-state index is 13.6. The zero-order valence-corrected chi connectivity index (χ0v) is 11.2. The quantitative estimate of drug-likeness (QED) is 0.829. The Bertz CT molecular complexity index is 547. The third kappa shape index (κ3) is 2.14. The molecule has 2 aliphatic rings. The van der Waals surface area contributed by atoms with Crippen molar-refractivity contribution in [2.75, 3.05) is 18.4 Å². The number of nitrogens with zero attached hydrogens (tertiary/aromatic N) is 1. The van der Waals surface area contributed by atoms with Gasteiger partial charge >= 0.3 is 6.03 Å². The van der Waals surface area contributed by atoms with E-state index in [1.807, 2.05) is 6.92 Å². The van der Waals surface area contributed by atoms with Crippen molar-refractivity contribution < 1.29 is 13.6 Å². The maximum absolute atomic E-state index is 13.6. The molecule has 108 valence electrons. The second kappa shape index (κ2) is 4.70. The van der Waals surface area contributed by atoms with Crippen LogP contribution >= 0.6 is 0 Å².